The van der Waals surface area contributed by atoms with Crippen LogP contribution < -0.4 is 20.5 Å². The second kappa shape index (κ2) is 10.9. The van der Waals surface area contributed by atoms with Gasteiger partial charge < -0.3 is 20.5 Å². The molecule has 2 unspecified atom stereocenters. The summed E-state index contributed by atoms with van der Waals surface area (Å²) in [5, 5.41) is 3.40. The van der Waals surface area contributed by atoms with Crippen molar-refractivity contribution in [2.45, 2.75) is 31.3 Å². The molecule has 4 rings (SSSR count). The first-order chi connectivity index (χ1) is 14.2. The predicted molar refractivity (Wildman–Crippen MR) is 131 cm³/mol. The topological polar surface area (TPSA) is 72.1 Å². The molecule has 7 heteroatoms. The van der Waals surface area contributed by atoms with E-state index in [2.05, 4.69) is 28.4 Å². The zero-order chi connectivity index (χ0) is 20.1. The molecule has 2 atom stereocenters. The van der Waals surface area contributed by atoms with Crippen LogP contribution in [0.25, 0.3) is 0 Å². The number of aliphatic imine (C=N–C) groups is 1. The van der Waals surface area contributed by atoms with E-state index in [0.717, 1.165) is 36.6 Å². The highest BCUT2D eigenvalue weighted by Gasteiger charge is 2.25. The van der Waals surface area contributed by atoms with Gasteiger partial charge in [-0.05, 0) is 49.7 Å². The molecule has 162 valence electrons. The first-order valence-corrected chi connectivity index (χ1v) is 10.4. The molecule has 2 aliphatic heterocycles. The smallest absolute Gasteiger partial charge is 0.189 e. The zero-order valence-corrected chi connectivity index (χ0v) is 19.8. The molecule has 2 aliphatic rings. The van der Waals surface area contributed by atoms with Gasteiger partial charge in [0, 0.05) is 12.0 Å². The second-order valence-corrected chi connectivity index (χ2v) is 7.63. The SMILES string of the molecule is COc1cccc(C(CN=C(N)NC2CCOc3ccccc32)N2CCCC2)c1.I. The quantitative estimate of drug-likeness (QED) is 0.343. The summed E-state index contributed by atoms with van der Waals surface area (Å²) in [6.07, 6.45) is 3.34. The monoisotopic (exact) mass is 522 g/mol. The van der Waals surface area contributed by atoms with Crippen molar-refractivity contribution >= 4 is 29.9 Å². The van der Waals surface area contributed by atoms with E-state index in [9.17, 15) is 0 Å². The number of fused-ring (bicyclic) bond motifs is 1. The minimum absolute atomic E-state index is 0. The maximum absolute atomic E-state index is 6.30. The number of benzene rings is 2. The van der Waals surface area contributed by atoms with Crippen LogP contribution in [0.5, 0.6) is 11.5 Å². The fraction of sp³-hybridized carbons (Fsp3) is 0.435. The van der Waals surface area contributed by atoms with Crippen LogP contribution in [0.3, 0.4) is 0 Å². The molecule has 0 radical (unpaired) electrons. The molecule has 2 heterocycles. The number of ether oxygens (including phenoxy) is 2. The number of halogens is 1. The van der Waals surface area contributed by atoms with Crippen molar-refractivity contribution < 1.29 is 9.47 Å². The third-order valence-corrected chi connectivity index (χ3v) is 5.78. The summed E-state index contributed by atoms with van der Waals surface area (Å²) in [7, 11) is 1.70. The van der Waals surface area contributed by atoms with E-state index in [0.29, 0.717) is 19.1 Å². The largest absolute Gasteiger partial charge is 0.497 e. The molecule has 0 aromatic heterocycles. The Morgan fingerprint density at radius 2 is 2.03 bits per heavy atom. The molecule has 0 aliphatic carbocycles. The maximum atomic E-state index is 6.30. The van der Waals surface area contributed by atoms with Gasteiger partial charge >= 0.3 is 0 Å². The van der Waals surface area contributed by atoms with E-state index in [1.807, 2.05) is 30.3 Å². The number of rotatable bonds is 6. The van der Waals surface area contributed by atoms with Crippen LogP contribution in [0.1, 0.15) is 42.5 Å². The summed E-state index contributed by atoms with van der Waals surface area (Å²) in [5.41, 5.74) is 8.66. The van der Waals surface area contributed by atoms with Gasteiger partial charge in [-0.2, -0.15) is 0 Å². The van der Waals surface area contributed by atoms with E-state index < -0.39 is 0 Å². The van der Waals surface area contributed by atoms with Crippen LogP contribution in [-0.2, 0) is 0 Å². The number of likely N-dealkylation sites (tertiary alicyclic amines) is 1. The van der Waals surface area contributed by atoms with Gasteiger partial charge in [-0.3, -0.25) is 9.89 Å². The second-order valence-electron chi connectivity index (χ2n) is 7.63. The minimum atomic E-state index is 0. The Labute approximate surface area is 195 Å². The van der Waals surface area contributed by atoms with Crippen molar-refractivity contribution in [2.24, 2.45) is 10.7 Å². The van der Waals surface area contributed by atoms with Crippen molar-refractivity contribution in [3.63, 3.8) is 0 Å². The lowest BCUT2D eigenvalue weighted by Crippen LogP contribution is -2.38. The normalized spacial score (nSPS) is 19.9. The average molecular weight is 522 g/mol. The third-order valence-electron chi connectivity index (χ3n) is 5.78. The van der Waals surface area contributed by atoms with E-state index in [-0.39, 0.29) is 36.1 Å². The van der Waals surface area contributed by atoms with Gasteiger partial charge in [0.15, 0.2) is 5.96 Å². The van der Waals surface area contributed by atoms with Gasteiger partial charge in [-0.15, -0.1) is 24.0 Å². The summed E-state index contributed by atoms with van der Waals surface area (Å²) in [4.78, 5) is 7.22. The maximum Gasteiger partial charge on any atom is 0.189 e. The fourth-order valence-electron chi connectivity index (χ4n) is 4.23. The molecular weight excluding hydrogens is 491 g/mol. The Bertz CT molecular complexity index is 855. The van der Waals surface area contributed by atoms with Gasteiger partial charge in [-0.1, -0.05) is 30.3 Å². The van der Waals surface area contributed by atoms with Crippen molar-refractivity contribution in [1.29, 1.82) is 0 Å². The molecule has 6 nitrogen and oxygen atoms in total. The van der Waals surface area contributed by atoms with Gasteiger partial charge in [0.05, 0.1) is 32.3 Å². The highest BCUT2D eigenvalue weighted by molar-refractivity contribution is 14.0. The molecule has 30 heavy (non-hydrogen) atoms. The van der Waals surface area contributed by atoms with Crippen LogP contribution in [0.15, 0.2) is 53.5 Å². The number of hydrogen-bond acceptors (Lipinski definition) is 4. The number of hydrogen-bond donors (Lipinski definition) is 2. The lowest BCUT2D eigenvalue weighted by molar-refractivity contribution is 0.250. The van der Waals surface area contributed by atoms with Crippen LogP contribution in [0.4, 0.5) is 0 Å². The molecule has 1 fully saturated rings. The minimum Gasteiger partial charge on any atom is -0.497 e. The highest BCUT2D eigenvalue weighted by atomic mass is 127. The Morgan fingerprint density at radius 3 is 2.83 bits per heavy atom. The average Bonchev–Trinajstić information content (AvgIpc) is 3.29. The number of nitrogens with zero attached hydrogens (tertiary/aromatic N) is 2. The van der Waals surface area contributed by atoms with Gasteiger partial charge in [0.1, 0.15) is 11.5 Å². The lowest BCUT2D eigenvalue weighted by atomic mass is 10.0. The van der Waals surface area contributed by atoms with E-state index in [1.165, 1.54) is 18.4 Å². The molecule has 3 N–H and O–H groups in total. The summed E-state index contributed by atoms with van der Waals surface area (Å²) in [5.74, 6) is 2.29. The first-order valence-electron chi connectivity index (χ1n) is 10.4. The Hall–Kier alpha value is -2.00. The predicted octanol–water partition coefficient (Wildman–Crippen LogP) is 3.88. The van der Waals surface area contributed by atoms with Crippen LogP contribution in [-0.4, -0.2) is 44.2 Å². The highest BCUT2D eigenvalue weighted by Crippen LogP contribution is 2.31. The standard InChI is InChI=1S/C23H30N4O2.HI/c1-28-18-8-6-7-17(15-18)21(27-12-4-5-13-27)16-25-23(24)26-20-11-14-29-22-10-3-2-9-19(20)22;/h2-3,6-10,15,20-21H,4-5,11-14,16H2,1H3,(H3,24,25,26);1H. The molecule has 0 amide bonds. The summed E-state index contributed by atoms with van der Waals surface area (Å²) in [6, 6.07) is 16.7. The van der Waals surface area contributed by atoms with Crippen molar-refractivity contribution in [3.05, 3.63) is 59.7 Å². The zero-order valence-electron chi connectivity index (χ0n) is 17.4. The number of methoxy groups -OCH3 is 1. The van der Waals surface area contributed by atoms with Crippen LogP contribution in [0.2, 0.25) is 0 Å². The molecule has 2 aromatic rings. The van der Waals surface area contributed by atoms with Crippen molar-refractivity contribution in [1.82, 2.24) is 10.2 Å². The van der Waals surface area contributed by atoms with Crippen LogP contribution >= 0.6 is 24.0 Å². The number of nitrogens with two attached hydrogens (primary N) is 1. The Morgan fingerprint density at radius 1 is 1.23 bits per heavy atom. The van der Waals surface area contributed by atoms with E-state index in [1.54, 1.807) is 7.11 Å². The van der Waals surface area contributed by atoms with Crippen molar-refractivity contribution in [3.8, 4) is 11.5 Å². The summed E-state index contributed by atoms with van der Waals surface area (Å²) >= 11 is 0. The number of nitrogens with one attached hydrogen (secondary N) is 1. The lowest BCUT2D eigenvalue weighted by Gasteiger charge is -2.28. The molecule has 2 aromatic carbocycles. The van der Waals surface area contributed by atoms with Gasteiger partial charge in [0.25, 0.3) is 0 Å². The molecule has 0 saturated carbocycles. The van der Waals surface area contributed by atoms with E-state index >= 15 is 0 Å². The van der Waals surface area contributed by atoms with E-state index in [4.69, 9.17) is 20.2 Å². The molecule has 0 bridgehead atoms. The summed E-state index contributed by atoms with van der Waals surface area (Å²) < 4.78 is 11.2. The van der Waals surface area contributed by atoms with Crippen molar-refractivity contribution in [2.75, 3.05) is 33.4 Å². The molecule has 1 saturated heterocycles. The van der Waals surface area contributed by atoms with Crippen LogP contribution in [0, 0.1) is 0 Å². The Kier molecular flexibility index (Phi) is 8.21. The molecular formula is C23H31IN4O2. The fourth-order valence-corrected chi connectivity index (χ4v) is 4.23. The third kappa shape index (κ3) is 5.37. The Balaban J connectivity index is 0.00000256. The first kappa shape index (κ1) is 22.7. The summed E-state index contributed by atoms with van der Waals surface area (Å²) in [6.45, 7) is 3.50. The van der Waals surface area contributed by atoms with Gasteiger partial charge in [0.2, 0.25) is 0 Å². The molecule has 0 spiro atoms. The number of guanidine groups is 1. The number of para-hydroxylation sites is 1. The van der Waals surface area contributed by atoms with Gasteiger partial charge in [-0.25, -0.2) is 0 Å².